The SMILES string of the molecule is CCOc1cc(-c2csc3ccccc23)cc2c1OCCN(Cc1cccnc1)C2. The molecule has 0 N–H and O–H groups in total. The summed E-state index contributed by atoms with van der Waals surface area (Å²) in [6, 6.07) is 17.1. The predicted molar refractivity (Wildman–Crippen MR) is 122 cm³/mol. The highest BCUT2D eigenvalue weighted by molar-refractivity contribution is 7.17. The fourth-order valence-corrected chi connectivity index (χ4v) is 5.01. The molecule has 5 heteroatoms. The summed E-state index contributed by atoms with van der Waals surface area (Å²) in [6.07, 6.45) is 3.75. The Morgan fingerprint density at radius 3 is 2.97 bits per heavy atom. The van der Waals surface area contributed by atoms with Crippen LogP contribution < -0.4 is 9.47 Å². The minimum absolute atomic E-state index is 0.614. The topological polar surface area (TPSA) is 34.6 Å². The molecule has 0 amide bonds. The molecule has 4 aromatic rings. The Kier molecular flexibility index (Phi) is 5.39. The van der Waals surface area contributed by atoms with Gasteiger partial charge in [0.2, 0.25) is 0 Å². The van der Waals surface area contributed by atoms with E-state index in [9.17, 15) is 0 Å². The maximum absolute atomic E-state index is 6.18. The number of rotatable bonds is 5. The number of benzene rings is 2. The first kappa shape index (κ1) is 19.1. The van der Waals surface area contributed by atoms with E-state index in [2.05, 4.69) is 57.7 Å². The molecule has 0 bridgehead atoms. The molecule has 2 aromatic heterocycles. The average Bonchev–Trinajstić information content (AvgIpc) is 3.09. The molecule has 5 rings (SSSR count). The Morgan fingerprint density at radius 1 is 1.17 bits per heavy atom. The molecule has 0 unspecified atom stereocenters. The third kappa shape index (κ3) is 3.78. The Balaban J connectivity index is 1.54. The third-order valence-corrected chi connectivity index (χ3v) is 6.36. The smallest absolute Gasteiger partial charge is 0.165 e. The number of aromatic nitrogens is 1. The van der Waals surface area contributed by atoms with Crippen LogP contribution in [0.15, 0.2) is 66.3 Å². The van der Waals surface area contributed by atoms with E-state index in [1.807, 2.05) is 25.4 Å². The molecule has 3 heterocycles. The van der Waals surface area contributed by atoms with Crippen LogP contribution in [-0.4, -0.2) is 29.6 Å². The lowest BCUT2D eigenvalue weighted by atomic mass is 10.0. The van der Waals surface area contributed by atoms with Gasteiger partial charge in [0.1, 0.15) is 6.61 Å². The van der Waals surface area contributed by atoms with Gasteiger partial charge in [0, 0.05) is 53.2 Å². The number of ether oxygens (including phenoxy) is 2. The van der Waals surface area contributed by atoms with Crippen molar-refractivity contribution in [2.45, 2.75) is 20.0 Å². The van der Waals surface area contributed by atoms with Gasteiger partial charge in [-0.3, -0.25) is 9.88 Å². The average molecular weight is 417 g/mol. The van der Waals surface area contributed by atoms with Crippen molar-refractivity contribution in [2.24, 2.45) is 0 Å². The molecule has 0 radical (unpaired) electrons. The zero-order chi connectivity index (χ0) is 20.3. The molecule has 0 saturated carbocycles. The number of nitrogens with zero attached hydrogens (tertiary/aromatic N) is 2. The van der Waals surface area contributed by atoms with Crippen molar-refractivity contribution in [3.05, 3.63) is 77.4 Å². The lowest BCUT2D eigenvalue weighted by Gasteiger charge is -2.20. The molecule has 4 nitrogen and oxygen atoms in total. The van der Waals surface area contributed by atoms with Gasteiger partial charge < -0.3 is 9.47 Å². The quantitative estimate of drug-likeness (QED) is 0.414. The summed E-state index contributed by atoms with van der Waals surface area (Å²) in [5, 5.41) is 3.53. The molecule has 1 aliphatic rings. The Morgan fingerprint density at radius 2 is 2.10 bits per heavy atom. The van der Waals surface area contributed by atoms with Crippen LogP contribution in [0.3, 0.4) is 0 Å². The van der Waals surface area contributed by atoms with E-state index in [0.29, 0.717) is 13.2 Å². The Hall–Kier alpha value is -2.89. The first-order valence-corrected chi connectivity index (χ1v) is 11.2. The van der Waals surface area contributed by atoms with Gasteiger partial charge in [-0.15, -0.1) is 11.3 Å². The van der Waals surface area contributed by atoms with Crippen molar-refractivity contribution in [3.63, 3.8) is 0 Å². The largest absolute Gasteiger partial charge is 0.490 e. The maximum atomic E-state index is 6.18. The van der Waals surface area contributed by atoms with E-state index in [1.54, 1.807) is 11.3 Å². The Labute approximate surface area is 180 Å². The van der Waals surface area contributed by atoms with Gasteiger partial charge in [-0.05, 0) is 47.7 Å². The minimum atomic E-state index is 0.614. The van der Waals surface area contributed by atoms with Gasteiger partial charge in [-0.1, -0.05) is 24.3 Å². The van der Waals surface area contributed by atoms with Crippen molar-refractivity contribution >= 4 is 21.4 Å². The number of hydrogen-bond acceptors (Lipinski definition) is 5. The molecule has 0 spiro atoms. The molecular weight excluding hydrogens is 392 g/mol. The monoisotopic (exact) mass is 416 g/mol. The number of hydrogen-bond donors (Lipinski definition) is 0. The van der Waals surface area contributed by atoms with Crippen LogP contribution in [0.1, 0.15) is 18.1 Å². The third-order valence-electron chi connectivity index (χ3n) is 5.40. The summed E-state index contributed by atoms with van der Waals surface area (Å²) in [4.78, 5) is 6.67. The van der Waals surface area contributed by atoms with E-state index < -0.39 is 0 Å². The Bertz CT molecular complexity index is 1160. The molecule has 1 aliphatic heterocycles. The molecule has 0 saturated heterocycles. The highest BCUT2D eigenvalue weighted by Crippen LogP contribution is 2.41. The van der Waals surface area contributed by atoms with Gasteiger partial charge in [-0.2, -0.15) is 0 Å². The van der Waals surface area contributed by atoms with Crippen LogP contribution in [0.2, 0.25) is 0 Å². The summed E-state index contributed by atoms with van der Waals surface area (Å²) < 4.78 is 13.5. The van der Waals surface area contributed by atoms with Gasteiger partial charge in [-0.25, -0.2) is 0 Å². The maximum Gasteiger partial charge on any atom is 0.165 e. The lowest BCUT2D eigenvalue weighted by molar-refractivity contribution is 0.215. The number of thiophene rings is 1. The number of pyridine rings is 1. The predicted octanol–water partition coefficient (Wildman–Crippen LogP) is 5.76. The zero-order valence-electron chi connectivity index (χ0n) is 17.0. The van der Waals surface area contributed by atoms with E-state index in [0.717, 1.165) is 31.1 Å². The number of fused-ring (bicyclic) bond motifs is 2. The fraction of sp³-hybridized carbons (Fsp3) is 0.240. The fourth-order valence-electron chi connectivity index (χ4n) is 4.04. The molecule has 0 fully saturated rings. The lowest BCUT2D eigenvalue weighted by Crippen LogP contribution is -2.25. The van der Waals surface area contributed by atoms with Crippen LogP contribution in [-0.2, 0) is 13.1 Å². The highest BCUT2D eigenvalue weighted by atomic mass is 32.1. The van der Waals surface area contributed by atoms with Crippen LogP contribution in [0.5, 0.6) is 11.5 Å². The van der Waals surface area contributed by atoms with Crippen LogP contribution >= 0.6 is 11.3 Å². The van der Waals surface area contributed by atoms with Crippen LogP contribution in [0, 0.1) is 0 Å². The molecular formula is C25H24N2O2S. The summed E-state index contributed by atoms with van der Waals surface area (Å²) in [7, 11) is 0. The summed E-state index contributed by atoms with van der Waals surface area (Å²) in [6.45, 7) is 5.82. The van der Waals surface area contributed by atoms with Crippen molar-refractivity contribution in [1.29, 1.82) is 0 Å². The van der Waals surface area contributed by atoms with Gasteiger partial charge in [0.05, 0.1) is 6.61 Å². The van der Waals surface area contributed by atoms with Gasteiger partial charge in [0.25, 0.3) is 0 Å². The molecule has 30 heavy (non-hydrogen) atoms. The van der Waals surface area contributed by atoms with E-state index >= 15 is 0 Å². The second kappa shape index (κ2) is 8.46. The van der Waals surface area contributed by atoms with E-state index in [4.69, 9.17) is 9.47 Å². The zero-order valence-corrected chi connectivity index (χ0v) is 17.8. The van der Waals surface area contributed by atoms with E-state index in [-0.39, 0.29) is 0 Å². The minimum Gasteiger partial charge on any atom is -0.490 e. The molecule has 152 valence electrons. The van der Waals surface area contributed by atoms with Gasteiger partial charge in [0.15, 0.2) is 11.5 Å². The summed E-state index contributed by atoms with van der Waals surface area (Å²) in [5.74, 6) is 1.72. The van der Waals surface area contributed by atoms with Crippen molar-refractivity contribution in [3.8, 4) is 22.6 Å². The molecule has 0 atom stereocenters. The first-order chi connectivity index (χ1) is 14.8. The standard InChI is InChI=1S/C25H24N2O2S/c1-2-28-23-13-19(22-17-30-24-8-4-3-7-21(22)24)12-20-16-27(10-11-29-25(20)23)15-18-6-5-9-26-14-18/h3-9,12-14,17H,2,10-11,15-16H2,1H3. The highest BCUT2D eigenvalue weighted by Gasteiger charge is 2.21. The normalized spacial score (nSPS) is 14.2. The summed E-state index contributed by atoms with van der Waals surface area (Å²) >= 11 is 1.78. The van der Waals surface area contributed by atoms with Crippen molar-refractivity contribution in [1.82, 2.24) is 9.88 Å². The van der Waals surface area contributed by atoms with Gasteiger partial charge >= 0.3 is 0 Å². The molecule has 2 aromatic carbocycles. The summed E-state index contributed by atoms with van der Waals surface area (Å²) in [5.41, 5.74) is 4.82. The van der Waals surface area contributed by atoms with Crippen molar-refractivity contribution < 1.29 is 9.47 Å². The van der Waals surface area contributed by atoms with E-state index in [1.165, 1.54) is 32.3 Å². The van der Waals surface area contributed by atoms with Crippen LogP contribution in [0.25, 0.3) is 21.2 Å². The molecule has 0 aliphatic carbocycles. The second-order valence-corrected chi connectivity index (χ2v) is 8.37. The van der Waals surface area contributed by atoms with Crippen LogP contribution in [0.4, 0.5) is 0 Å². The van der Waals surface area contributed by atoms with Crippen molar-refractivity contribution in [2.75, 3.05) is 19.8 Å². The first-order valence-electron chi connectivity index (χ1n) is 10.3. The second-order valence-electron chi connectivity index (χ2n) is 7.46.